The van der Waals surface area contributed by atoms with E-state index in [0.717, 1.165) is 52.4 Å². The molecule has 200 valence electrons. The highest BCUT2D eigenvalue weighted by Crippen LogP contribution is 2.23. The molecule has 0 heterocycles. The molecular formula is C32H37BrN2O3. The maximum Gasteiger partial charge on any atom is 0.261 e. The van der Waals surface area contributed by atoms with Crippen LogP contribution in [0.25, 0.3) is 0 Å². The molecule has 1 unspecified atom stereocenters. The molecule has 0 saturated heterocycles. The first-order chi connectivity index (χ1) is 18.4. The molecule has 0 spiro atoms. The summed E-state index contributed by atoms with van der Waals surface area (Å²) in [5.41, 5.74) is 4.17. The van der Waals surface area contributed by atoms with Crippen LogP contribution in [-0.4, -0.2) is 35.4 Å². The van der Waals surface area contributed by atoms with Crippen molar-refractivity contribution in [1.82, 2.24) is 10.2 Å². The summed E-state index contributed by atoms with van der Waals surface area (Å²) in [6.07, 6.45) is 5.88. The Morgan fingerprint density at radius 3 is 2.34 bits per heavy atom. The Morgan fingerprint density at radius 2 is 1.66 bits per heavy atom. The molecule has 0 aromatic heterocycles. The van der Waals surface area contributed by atoms with Crippen LogP contribution in [0.5, 0.6) is 5.75 Å². The van der Waals surface area contributed by atoms with Crippen LogP contribution in [0, 0.1) is 13.8 Å². The Kier molecular flexibility index (Phi) is 9.99. The molecule has 0 aliphatic heterocycles. The summed E-state index contributed by atoms with van der Waals surface area (Å²) < 4.78 is 6.91. The van der Waals surface area contributed by atoms with Crippen molar-refractivity contribution in [2.24, 2.45) is 0 Å². The summed E-state index contributed by atoms with van der Waals surface area (Å²) >= 11 is 3.51. The second kappa shape index (κ2) is 13.6. The van der Waals surface area contributed by atoms with E-state index in [4.69, 9.17) is 4.74 Å². The van der Waals surface area contributed by atoms with Gasteiger partial charge in [-0.15, -0.1) is 0 Å². The van der Waals surface area contributed by atoms with Crippen LogP contribution >= 0.6 is 15.9 Å². The minimum absolute atomic E-state index is 0.0966. The summed E-state index contributed by atoms with van der Waals surface area (Å²) in [7, 11) is 0. The van der Waals surface area contributed by atoms with Gasteiger partial charge < -0.3 is 15.0 Å². The van der Waals surface area contributed by atoms with Gasteiger partial charge >= 0.3 is 0 Å². The lowest BCUT2D eigenvalue weighted by molar-refractivity contribution is -0.143. The topological polar surface area (TPSA) is 58.6 Å². The predicted molar refractivity (Wildman–Crippen MR) is 155 cm³/mol. The third-order valence-corrected chi connectivity index (χ3v) is 8.08. The Balaban J connectivity index is 1.60. The molecule has 1 aliphatic rings. The molecule has 3 aromatic rings. The fraction of sp³-hybridized carbons (Fsp3) is 0.375. The average molecular weight is 578 g/mol. The van der Waals surface area contributed by atoms with Crippen molar-refractivity contribution in [2.75, 3.05) is 6.61 Å². The largest absolute Gasteiger partial charge is 0.484 e. The number of nitrogens with one attached hydrogen (secondary N) is 1. The van der Waals surface area contributed by atoms with Crippen molar-refractivity contribution in [3.05, 3.63) is 99.5 Å². The SMILES string of the molecule is Cc1ccc(CN(C(=O)COc2ccc(Br)c(C)c2)C(Cc2ccccc2)C(=O)NC2CCCCC2)cc1. The van der Waals surface area contributed by atoms with Crippen LogP contribution in [-0.2, 0) is 22.6 Å². The minimum Gasteiger partial charge on any atom is -0.484 e. The summed E-state index contributed by atoms with van der Waals surface area (Å²) in [6, 6.07) is 23.2. The molecule has 4 rings (SSSR count). The van der Waals surface area contributed by atoms with E-state index in [9.17, 15) is 9.59 Å². The zero-order valence-electron chi connectivity index (χ0n) is 22.3. The van der Waals surface area contributed by atoms with E-state index in [0.29, 0.717) is 18.7 Å². The minimum atomic E-state index is -0.650. The Morgan fingerprint density at radius 1 is 0.947 bits per heavy atom. The van der Waals surface area contributed by atoms with Gasteiger partial charge in [0.15, 0.2) is 6.61 Å². The van der Waals surface area contributed by atoms with Crippen LogP contribution in [0.15, 0.2) is 77.3 Å². The number of carbonyl (C=O) groups is 2. The zero-order chi connectivity index (χ0) is 26.9. The van der Waals surface area contributed by atoms with Crippen molar-refractivity contribution in [3.63, 3.8) is 0 Å². The lowest BCUT2D eigenvalue weighted by atomic mass is 9.94. The van der Waals surface area contributed by atoms with Gasteiger partial charge in [-0.3, -0.25) is 9.59 Å². The molecule has 1 saturated carbocycles. The summed E-state index contributed by atoms with van der Waals surface area (Å²) in [4.78, 5) is 29.3. The lowest BCUT2D eigenvalue weighted by Crippen LogP contribution is -2.53. The molecule has 1 aliphatic carbocycles. The number of hydrogen-bond acceptors (Lipinski definition) is 3. The summed E-state index contributed by atoms with van der Waals surface area (Å²) in [5, 5.41) is 3.28. The van der Waals surface area contributed by atoms with Gasteiger partial charge in [0, 0.05) is 23.5 Å². The normalized spacial score (nSPS) is 14.5. The van der Waals surface area contributed by atoms with Gasteiger partial charge in [0.05, 0.1) is 0 Å². The molecule has 3 aromatic carbocycles. The van der Waals surface area contributed by atoms with E-state index in [1.54, 1.807) is 4.90 Å². The Labute approximate surface area is 234 Å². The van der Waals surface area contributed by atoms with Crippen LogP contribution in [0.2, 0.25) is 0 Å². The third-order valence-electron chi connectivity index (χ3n) is 7.19. The predicted octanol–water partition coefficient (Wildman–Crippen LogP) is 6.53. The number of benzene rings is 3. The van der Waals surface area contributed by atoms with Gasteiger partial charge in [-0.05, 0) is 61.6 Å². The van der Waals surface area contributed by atoms with Gasteiger partial charge in [0.25, 0.3) is 5.91 Å². The second-order valence-electron chi connectivity index (χ2n) is 10.3. The van der Waals surface area contributed by atoms with Gasteiger partial charge in [-0.1, -0.05) is 95.4 Å². The highest BCUT2D eigenvalue weighted by molar-refractivity contribution is 9.10. The van der Waals surface area contributed by atoms with Crippen molar-refractivity contribution < 1.29 is 14.3 Å². The number of ether oxygens (including phenoxy) is 1. The highest BCUT2D eigenvalue weighted by Gasteiger charge is 2.32. The number of halogens is 1. The maximum absolute atomic E-state index is 13.8. The Hall–Kier alpha value is -3.12. The van der Waals surface area contributed by atoms with E-state index in [2.05, 4.69) is 21.2 Å². The summed E-state index contributed by atoms with van der Waals surface area (Å²) in [5.74, 6) is 0.312. The number of nitrogens with zero attached hydrogens (tertiary/aromatic N) is 1. The van der Waals surface area contributed by atoms with Crippen LogP contribution < -0.4 is 10.1 Å². The van der Waals surface area contributed by atoms with Gasteiger partial charge in [-0.25, -0.2) is 0 Å². The Bertz CT molecular complexity index is 1210. The standard InChI is InChI=1S/C32H37BrN2O3/c1-23-13-15-26(16-14-23)21-35(31(36)22-38-28-17-18-29(33)24(2)19-28)30(20-25-9-5-3-6-10-25)32(37)34-27-11-7-4-8-12-27/h3,5-6,9-10,13-19,27,30H,4,7-8,11-12,20-22H2,1-2H3,(H,34,37). The number of aryl methyl sites for hydroxylation is 2. The zero-order valence-corrected chi connectivity index (χ0v) is 23.9. The maximum atomic E-state index is 13.8. The number of amides is 2. The van der Waals surface area contributed by atoms with E-state index >= 15 is 0 Å². The van der Waals surface area contributed by atoms with E-state index < -0.39 is 6.04 Å². The van der Waals surface area contributed by atoms with Crippen molar-refractivity contribution in [3.8, 4) is 5.75 Å². The first-order valence-electron chi connectivity index (χ1n) is 13.5. The number of carbonyl (C=O) groups excluding carboxylic acids is 2. The summed E-state index contributed by atoms with van der Waals surface area (Å²) in [6.45, 7) is 4.21. The fourth-order valence-corrected chi connectivity index (χ4v) is 5.17. The molecule has 0 radical (unpaired) electrons. The second-order valence-corrected chi connectivity index (χ2v) is 11.1. The van der Waals surface area contributed by atoms with Crippen molar-refractivity contribution >= 4 is 27.7 Å². The van der Waals surface area contributed by atoms with Gasteiger partial charge in [0.2, 0.25) is 5.91 Å². The van der Waals surface area contributed by atoms with E-state index in [-0.39, 0.29) is 24.5 Å². The number of hydrogen-bond donors (Lipinski definition) is 1. The molecule has 5 nitrogen and oxygen atoms in total. The fourth-order valence-electron chi connectivity index (χ4n) is 4.92. The van der Waals surface area contributed by atoms with Crippen LogP contribution in [0.3, 0.4) is 0 Å². The van der Waals surface area contributed by atoms with Crippen LogP contribution in [0.1, 0.15) is 54.4 Å². The van der Waals surface area contributed by atoms with E-state index in [1.165, 1.54) is 6.42 Å². The van der Waals surface area contributed by atoms with Crippen molar-refractivity contribution in [1.29, 1.82) is 0 Å². The van der Waals surface area contributed by atoms with Crippen molar-refractivity contribution in [2.45, 2.75) is 71.0 Å². The van der Waals surface area contributed by atoms with Gasteiger partial charge in [-0.2, -0.15) is 0 Å². The monoisotopic (exact) mass is 576 g/mol. The van der Waals surface area contributed by atoms with E-state index in [1.807, 2.05) is 86.6 Å². The molecule has 38 heavy (non-hydrogen) atoms. The molecule has 1 N–H and O–H groups in total. The molecular weight excluding hydrogens is 540 g/mol. The lowest BCUT2D eigenvalue weighted by Gasteiger charge is -2.33. The molecule has 6 heteroatoms. The average Bonchev–Trinajstić information content (AvgIpc) is 2.93. The smallest absolute Gasteiger partial charge is 0.261 e. The highest BCUT2D eigenvalue weighted by atomic mass is 79.9. The first-order valence-corrected chi connectivity index (χ1v) is 14.3. The quantitative estimate of drug-likeness (QED) is 0.298. The molecule has 1 atom stereocenters. The van der Waals surface area contributed by atoms with Gasteiger partial charge in [0.1, 0.15) is 11.8 Å². The molecule has 0 bridgehead atoms. The first kappa shape index (κ1) is 27.9. The molecule has 1 fully saturated rings. The number of rotatable bonds is 10. The molecule has 2 amide bonds. The van der Waals surface area contributed by atoms with Crippen LogP contribution in [0.4, 0.5) is 0 Å². The third kappa shape index (κ3) is 7.94.